The van der Waals surface area contributed by atoms with Gasteiger partial charge in [-0.25, -0.2) is 0 Å². The number of β-amino-alcohol motifs (C(OH)–C–C–N with tert-alkyl or cyclic N) is 1. The lowest BCUT2D eigenvalue weighted by Gasteiger charge is -2.10. The van der Waals surface area contributed by atoms with Gasteiger partial charge in [-0.3, -0.25) is 4.79 Å². The van der Waals surface area contributed by atoms with Gasteiger partial charge in [-0.15, -0.1) is 0 Å². The van der Waals surface area contributed by atoms with Gasteiger partial charge in [-0.2, -0.15) is 0 Å². The van der Waals surface area contributed by atoms with Crippen LogP contribution in [0.4, 0.5) is 0 Å². The highest BCUT2D eigenvalue weighted by Crippen LogP contribution is 2.07. The van der Waals surface area contributed by atoms with E-state index in [0.717, 1.165) is 19.5 Å². The molecule has 0 aromatic rings. The van der Waals surface area contributed by atoms with Gasteiger partial charge in [0.15, 0.2) is 0 Å². The zero-order valence-electron chi connectivity index (χ0n) is 17.1. The molecule has 0 aromatic heterocycles. The number of likely N-dealkylation sites (tertiary alicyclic amines) is 1. The van der Waals surface area contributed by atoms with Gasteiger partial charge in [0.1, 0.15) is 6.79 Å². The number of carbonyl (C=O) groups is 2. The molecule has 1 unspecified atom stereocenters. The van der Waals surface area contributed by atoms with Crippen molar-refractivity contribution in [3.05, 3.63) is 23.8 Å². The summed E-state index contributed by atoms with van der Waals surface area (Å²) >= 11 is 0. The number of nitrogens with zero attached hydrogens (tertiary/aromatic N) is 1. The Balaban J connectivity index is -0.000000127. The first kappa shape index (κ1) is 30.4. The maximum absolute atomic E-state index is 10.6. The third kappa shape index (κ3) is 20.5. The van der Waals surface area contributed by atoms with E-state index in [9.17, 15) is 4.79 Å². The summed E-state index contributed by atoms with van der Waals surface area (Å²) in [5.74, 6) is 0.0616. The molecule has 1 rings (SSSR count). The van der Waals surface area contributed by atoms with Crippen molar-refractivity contribution in [2.45, 2.75) is 61.0 Å². The van der Waals surface area contributed by atoms with E-state index in [0.29, 0.717) is 6.54 Å². The minimum atomic E-state index is -0.283. The first-order valence-corrected chi connectivity index (χ1v) is 8.70. The molecular formula is C19H40N2O3. The largest absolute Gasteiger partial charge is 0.391 e. The van der Waals surface area contributed by atoms with E-state index in [-0.39, 0.29) is 12.0 Å². The molecule has 0 spiro atoms. The van der Waals surface area contributed by atoms with Crippen LogP contribution in [0.2, 0.25) is 0 Å². The van der Waals surface area contributed by atoms with Crippen LogP contribution < -0.4 is 5.32 Å². The number of likely N-dealkylation sites (N-methyl/N-ethyl adjacent to an activating group) is 1. The summed E-state index contributed by atoms with van der Waals surface area (Å²) in [7, 11) is 1.95. The normalized spacial score (nSPS) is 15.6. The molecule has 0 saturated carbocycles. The van der Waals surface area contributed by atoms with Crippen LogP contribution in [0.15, 0.2) is 23.8 Å². The summed E-state index contributed by atoms with van der Waals surface area (Å²) in [5, 5.41) is 12.0. The Hall–Kier alpha value is -1.46. The van der Waals surface area contributed by atoms with Gasteiger partial charge in [0.25, 0.3) is 0 Å². The fourth-order valence-electron chi connectivity index (χ4n) is 1.70. The average molecular weight is 345 g/mol. The Labute approximate surface area is 149 Å². The van der Waals surface area contributed by atoms with Gasteiger partial charge < -0.3 is 20.1 Å². The van der Waals surface area contributed by atoms with Crippen molar-refractivity contribution in [2.24, 2.45) is 0 Å². The summed E-state index contributed by atoms with van der Waals surface area (Å²) < 4.78 is 0. The molecule has 144 valence electrons. The third-order valence-corrected chi connectivity index (χ3v) is 2.74. The monoisotopic (exact) mass is 344 g/mol. The molecule has 0 aliphatic carbocycles. The van der Waals surface area contributed by atoms with Crippen molar-refractivity contribution in [2.75, 3.05) is 26.7 Å². The molecule has 5 heteroatoms. The Morgan fingerprint density at radius 2 is 1.75 bits per heavy atom. The van der Waals surface area contributed by atoms with E-state index in [1.54, 1.807) is 4.90 Å². The second kappa shape index (κ2) is 26.4. The maximum Gasteiger partial charge on any atom is 0.219 e. The van der Waals surface area contributed by atoms with Crippen LogP contribution in [0.25, 0.3) is 0 Å². The highest BCUT2D eigenvalue weighted by Gasteiger charge is 2.21. The predicted molar refractivity (Wildman–Crippen MR) is 105 cm³/mol. The van der Waals surface area contributed by atoms with Crippen molar-refractivity contribution < 1.29 is 14.7 Å². The summed E-state index contributed by atoms with van der Waals surface area (Å²) in [6, 6.07) is 0. The maximum atomic E-state index is 10.6. The standard InChI is InChI=1S/C8H15N.C6H11NO2.2C2H6.CH2O/c1-4-6-8(5-2)7-9-3;1-5(8)7-3-2-6(9)4-7;3*1-2/h4-6,9H,7H2,1-3H3;6,9H,2-4H2,1H3;2*1-2H3;1H2/b6-4-,8-5+;;;;. The molecular weight excluding hydrogens is 304 g/mol. The van der Waals surface area contributed by atoms with E-state index in [4.69, 9.17) is 9.90 Å². The molecule has 0 radical (unpaired) electrons. The minimum Gasteiger partial charge on any atom is -0.391 e. The van der Waals surface area contributed by atoms with E-state index >= 15 is 0 Å². The lowest BCUT2D eigenvalue weighted by Crippen LogP contribution is -2.26. The molecule has 5 nitrogen and oxygen atoms in total. The van der Waals surface area contributed by atoms with Crippen molar-refractivity contribution in [1.82, 2.24) is 10.2 Å². The Morgan fingerprint density at radius 1 is 1.25 bits per heavy atom. The molecule has 1 atom stereocenters. The van der Waals surface area contributed by atoms with Gasteiger partial charge in [0.05, 0.1) is 6.10 Å². The molecule has 1 saturated heterocycles. The van der Waals surface area contributed by atoms with E-state index < -0.39 is 0 Å². The van der Waals surface area contributed by atoms with Gasteiger partial charge in [-0.1, -0.05) is 45.9 Å². The third-order valence-electron chi connectivity index (χ3n) is 2.74. The Bertz CT molecular complexity index is 316. The minimum absolute atomic E-state index is 0.0616. The molecule has 1 fully saturated rings. The average Bonchev–Trinajstić information content (AvgIpc) is 3.07. The zero-order chi connectivity index (χ0) is 20.0. The number of hydrogen-bond acceptors (Lipinski definition) is 4. The topological polar surface area (TPSA) is 69.6 Å². The fourth-order valence-corrected chi connectivity index (χ4v) is 1.70. The van der Waals surface area contributed by atoms with Gasteiger partial charge in [0.2, 0.25) is 5.91 Å². The van der Waals surface area contributed by atoms with Crippen LogP contribution >= 0.6 is 0 Å². The molecule has 2 N–H and O–H groups in total. The van der Waals surface area contributed by atoms with Crippen molar-refractivity contribution in [3.63, 3.8) is 0 Å². The van der Waals surface area contributed by atoms with Gasteiger partial charge in [0, 0.05) is 26.6 Å². The smallest absolute Gasteiger partial charge is 0.219 e. The Morgan fingerprint density at radius 3 is 1.96 bits per heavy atom. The quantitative estimate of drug-likeness (QED) is 0.772. The molecule has 0 bridgehead atoms. The number of amides is 1. The van der Waals surface area contributed by atoms with Crippen LogP contribution in [0.3, 0.4) is 0 Å². The first-order chi connectivity index (χ1) is 11.5. The number of aliphatic hydroxyl groups excluding tert-OH is 1. The summed E-state index contributed by atoms with van der Waals surface area (Å²) in [4.78, 5) is 20.3. The van der Waals surface area contributed by atoms with Gasteiger partial charge in [-0.05, 0) is 32.9 Å². The molecule has 0 aromatic carbocycles. The number of nitrogens with one attached hydrogen (secondary N) is 1. The molecule has 1 aliphatic rings. The van der Waals surface area contributed by atoms with Crippen molar-refractivity contribution >= 4 is 12.7 Å². The number of aliphatic hydroxyl groups is 1. The molecule has 1 aliphatic heterocycles. The van der Waals surface area contributed by atoms with Crippen LogP contribution in [0.1, 0.15) is 54.9 Å². The van der Waals surface area contributed by atoms with Crippen LogP contribution in [-0.4, -0.2) is 55.5 Å². The highest BCUT2D eigenvalue weighted by molar-refractivity contribution is 5.73. The lowest BCUT2D eigenvalue weighted by molar-refractivity contribution is -0.128. The lowest BCUT2D eigenvalue weighted by atomic mass is 10.2. The number of rotatable bonds is 3. The van der Waals surface area contributed by atoms with Gasteiger partial charge >= 0.3 is 0 Å². The number of allylic oxidation sites excluding steroid dienone is 2. The van der Waals surface area contributed by atoms with Crippen LogP contribution in [-0.2, 0) is 9.59 Å². The van der Waals surface area contributed by atoms with E-state index in [1.165, 1.54) is 12.5 Å². The number of carbonyl (C=O) groups excluding carboxylic acids is 2. The summed E-state index contributed by atoms with van der Waals surface area (Å²) in [6.45, 7) is 17.8. The zero-order valence-corrected chi connectivity index (χ0v) is 17.1. The first-order valence-electron chi connectivity index (χ1n) is 8.70. The van der Waals surface area contributed by atoms with E-state index in [2.05, 4.69) is 17.5 Å². The van der Waals surface area contributed by atoms with Crippen LogP contribution in [0.5, 0.6) is 0 Å². The fraction of sp³-hybridized carbons (Fsp3) is 0.684. The van der Waals surface area contributed by atoms with E-state index in [1.807, 2.05) is 61.5 Å². The molecule has 24 heavy (non-hydrogen) atoms. The summed E-state index contributed by atoms with van der Waals surface area (Å²) in [6.07, 6.45) is 6.72. The number of hydrogen-bond donors (Lipinski definition) is 2. The molecule has 1 amide bonds. The Kier molecular flexibility index (Phi) is 33.5. The van der Waals surface area contributed by atoms with Crippen molar-refractivity contribution in [1.29, 1.82) is 0 Å². The predicted octanol–water partition coefficient (Wildman–Crippen LogP) is 3.20. The van der Waals surface area contributed by atoms with Crippen molar-refractivity contribution in [3.8, 4) is 0 Å². The second-order valence-corrected chi connectivity index (χ2v) is 4.30. The summed E-state index contributed by atoms with van der Waals surface area (Å²) in [5.41, 5.74) is 1.33. The molecule has 1 heterocycles. The highest BCUT2D eigenvalue weighted by atomic mass is 16.3. The second-order valence-electron chi connectivity index (χ2n) is 4.30. The van der Waals surface area contributed by atoms with Crippen LogP contribution in [0, 0.1) is 0 Å². The SMILES string of the molecule is C/C=C\C(=C/C)CNC.C=O.CC.CC.CC(=O)N1CCC(O)C1.